The third kappa shape index (κ3) is 2.87. The van der Waals surface area contributed by atoms with Crippen molar-refractivity contribution in [3.05, 3.63) is 18.2 Å². The van der Waals surface area contributed by atoms with E-state index in [1.54, 1.807) is 23.1 Å². The van der Waals surface area contributed by atoms with Gasteiger partial charge in [-0.05, 0) is 18.2 Å². The van der Waals surface area contributed by atoms with Crippen molar-refractivity contribution in [2.24, 2.45) is 0 Å². The van der Waals surface area contributed by atoms with Gasteiger partial charge in [0.25, 0.3) is 5.91 Å². The summed E-state index contributed by atoms with van der Waals surface area (Å²) in [5.41, 5.74) is 1.27. The number of rotatable bonds is 2. The van der Waals surface area contributed by atoms with Gasteiger partial charge in [-0.3, -0.25) is 14.4 Å². The lowest BCUT2D eigenvalue weighted by Crippen LogP contribution is -2.27. The van der Waals surface area contributed by atoms with Crippen LogP contribution in [0.1, 0.15) is 13.3 Å². The molecule has 1 fully saturated rings. The quantitative estimate of drug-likeness (QED) is 0.894. The summed E-state index contributed by atoms with van der Waals surface area (Å²) in [7, 11) is 0. The molecule has 110 valence electrons. The first-order chi connectivity index (χ1) is 10.0. The fourth-order valence-electron chi connectivity index (χ4n) is 2.48. The monoisotopic (exact) mass is 306 g/mol. The average molecular weight is 306 g/mol. The Bertz CT molecular complexity index is 631. The summed E-state index contributed by atoms with van der Waals surface area (Å²) in [6.07, 6.45) is 0.351. The molecule has 0 spiro atoms. The number of hydrogen-bond donors (Lipinski definition) is 1. The predicted octanol–water partition coefficient (Wildman–Crippen LogP) is 1.40. The van der Waals surface area contributed by atoms with Gasteiger partial charge in [-0.25, -0.2) is 0 Å². The molecule has 2 aliphatic heterocycles. The summed E-state index contributed by atoms with van der Waals surface area (Å²) in [6, 6.07) is 5.25. The van der Waals surface area contributed by atoms with Crippen molar-refractivity contribution in [3.8, 4) is 5.75 Å². The molecule has 1 atom stereocenters. The standard InChI is InChI=1S/C14H14N2O4S/c1-8(17)21-10-5-14(19)16(6-10)9-2-3-12-11(4-9)15-13(18)7-20-12/h2-4,10H,5-7H2,1H3,(H,15,18). The third-order valence-corrected chi connectivity index (χ3v) is 4.31. The van der Waals surface area contributed by atoms with Crippen LogP contribution in [0.2, 0.25) is 0 Å². The van der Waals surface area contributed by atoms with Gasteiger partial charge in [0, 0.05) is 30.8 Å². The van der Waals surface area contributed by atoms with Crippen molar-refractivity contribution in [3.63, 3.8) is 0 Å². The minimum absolute atomic E-state index is 0.00627. The van der Waals surface area contributed by atoms with E-state index < -0.39 is 0 Å². The summed E-state index contributed by atoms with van der Waals surface area (Å²) in [4.78, 5) is 36.2. The Kier molecular flexibility index (Phi) is 3.59. The first-order valence-electron chi connectivity index (χ1n) is 6.57. The molecule has 7 heteroatoms. The van der Waals surface area contributed by atoms with Crippen LogP contribution in [0, 0.1) is 0 Å². The summed E-state index contributed by atoms with van der Waals surface area (Å²) in [5.74, 6) is 0.369. The fraction of sp³-hybridized carbons (Fsp3) is 0.357. The zero-order valence-electron chi connectivity index (χ0n) is 11.4. The largest absolute Gasteiger partial charge is 0.482 e. The molecule has 1 aromatic carbocycles. The number of anilines is 2. The highest BCUT2D eigenvalue weighted by Crippen LogP contribution is 2.35. The van der Waals surface area contributed by atoms with E-state index in [4.69, 9.17) is 4.74 Å². The summed E-state index contributed by atoms with van der Waals surface area (Å²) < 4.78 is 5.29. The van der Waals surface area contributed by atoms with Gasteiger partial charge in [0.05, 0.1) is 5.69 Å². The molecule has 0 bridgehead atoms. The zero-order chi connectivity index (χ0) is 15.0. The number of fused-ring (bicyclic) bond motifs is 1. The average Bonchev–Trinajstić information content (AvgIpc) is 2.77. The highest BCUT2D eigenvalue weighted by atomic mass is 32.2. The normalized spacial score (nSPS) is 20.8. The molecule has 21 heavy (non-hydrogen) atoms. The van der Waals surface area contributed by atoms with Crippen molar-refractivity contribution in [1.29, 1.82) is 0 Å². The van der Waals surface area contributed by atoms with Gasteiger partial charge in [0.15, 0.2) is 11.7 Å². The van der Waals surface area contributed by atoms with E-state index in [0.29, 0.717) is 30.1 Å². The zero-order valence-corrected chi connectivity index (χ0v) is 12.2. The second-order valence-corrected chi connectivity index (χ2v) is 6.43. The number of ether oxygens (including phenoxy) is 1. The molecule has 1 saturated heterocycles. The lowest BCUT2D eigenvalue weighted by atomic mass is 10.2. The Morgan fingerprint density at radius 1 is 1.43 bits per heavy atom. The molecule has 1 unspecified atom stereocenters. The van der Waals surface area contributed by atoms with Gasteiger partial charge in [0.1, 0.15) is 5.75 Å². The molecule has 0 radical (unpaired) electrons. The molecule has 0 aromatic heterocycles. The number of thioether (sulfide) groups is 1. The Morgan fingerprint density at radius 3 is 3.00 bits per heavy atom. The molecular weight excluding hydrogens is 292 g/mol. The molecule has 1 N–H and O–H groups in total. The molecule has 1 aromatic rings. The van der Waals surface area contributed by atoms with Gasteiger partial charge < -0.3 is 15.0 Å². The maximum absolute atomic E-state index is 12.1. The van der Waals surface area contributed by atoms with E-state index in [0.717, 1.165) is 0 Å². The summed E-state index contributed by atoms with van der Waals surface area (Å²) >= 11 is 1.20. The number of carbonyl (C=O) groups excluding carboxylic acids is 3. The maximum Gasteiger partial charge on any atom is 0.262 e. The molecule has 6 nitrogen and oxygen atoms in total. The van der Waals surface area contributed by atoms with Gasteiger partial charge >= 0.3 is 0 Å². The maximum atomic E-state index is 12.1. The Balaban J connectivity index is 1.81. The van der Waals surface area contributed by atoms with Crippen LogP contribution in [0.4, 0.5) is 11.4 Å². The van der Waals surface area contributed by atoms with E-state index in [-0.39, 0.29) is 28.8 Å². The summed E-state index contributed by atoms with van der Waals surface area (Å²) in [6.45, 7) is 2.01. The molecule has 2 heterocycles. The predicted molar refractivity (Wildman–Crippen MR) is 79.6 cm³/mol. The van der Waals surface area contributed by atoms with Gasteiger partial charge in [-0.2, -0.15) is 0 Å². The number of nitrogens with one attached hydrogen (secondary N) is 1. The van der Waals surface area contributed by atoms with Gasteiger partial charge in [-0.1, -0.05) is 11.8 Å². The Hall–Kier alpha value is -2.02. The minimum Gasteiger partial charge on any atom is -0.482 e. The lowest BCUT2D eigenvalue weighted by Gasteiger charge is -2.22. The summed E-state index contributed by atoms with van der Waals surface area (Å²) in [5, 5.41) is 2.72. The highest BCUT2D eigenvalue weighted by molar-refractivity contribution is 8.14. The van der Waals surface area contributed by atoms with Gasteiger partial charge in [0.2, 0.25) is 5.91 Å². The van der Waals surface area contributed by atoms with Crippen molar-refractivity contribution in [1.82, 2.24) is 0 Å². The first kappa shape index (κ1) is 13.9. The van der Waals surface area contributed by atoms with Crippen LogP contribution in [-0.2, 0) is 14.4 Å². The van der Waals surface area contributed by atoms with Crippen LogP contribution in [0.5, 0.6) is 5.75 Å². The van der Waals surface area contributed by atoms with Crippen LogP contribution < -0.4 is 15.0 Å². The van der Waals surface area contributed by atoms with E-state index in [2.05, 4.69) is 5.32 Å². The number of carbonyl (C=O) groups is 3. The van der Waals surface area contributed by atoms with E-state index in [1.165, 1.54) is 18.7 Å². The second kappa shape index (κ2) is 5.40. The van der Waals surface area contributed by atoms with Crippen LogP contribution in [-0.4, -0.2) is 35.3 Å². The van der Waals surface area contributed by atoms with Crippen molar-refractivity contribution < 1.29 is 19.1 Å². The van der Waals surface area contributed by atoms with Crippen LogP contribution in [0.3, 0.4) is 0 Å². The molecule has 0 saturated carbocycles. The third-order valence-electron chi connectivity index (χ3n) is 3.33. The Labute approximate surface area is 125 Å². The topological polar surface area (TPSA) is 75.7 Å². The van der Waals surface area contributed by atoms with Crippen molar-refractivity contribution >= 4 is 40.1 Å². The molecule has 3 rings (SSSR count). The number of nitrogens with zero attached hydrogens (tertiary/aromatic N) is 1. The number of amides is 2. The van der Waals surface area contributed by atoms with Crippen molar-refractivity contribution in [2.75, 3.05) is 23.4 Å². The number of hydrogen-bond acceptors (Lipinski definition) is 5. The van der Waals surface area contributed by atoms with E-state index in [1.807, 2.05) is 0 Å². The Morgan fingerprint density at radius 2 is 2.24 bits per heavy atom. The molecule has 2 amide bonds. The minimum atomic E-state index is -0.211. The first-order valence-corrected chi connectivity index (χ1v) is 7.45. The van der Waals surface area contributed by atoms with E-state index in [9.17, 15) is 14.4 Å². The number of benzene rings is 1. The van der Waals surface area contributed by atoms with E-state index >= 15 is 0 Å². The second-order valence-electron chi connectivity index (χ2n) is 4.96. The lowest BCUT2D eigenvalue weighted by molar-refractivity contribution is -0.118. The SMILES string of the molecule is CC(=O)SC1CC(=O)N(c2ccc3c(c2)NC(=O)CO3)C1. The molecular formula is C14H14N2O4S. The highest BCUT2D eigenvalue weighted by Gasteiger charge is 2.32. The molecule has 0 aliphatic carbocycles. The van der Waals surface area contributed by atoms with Crippen LogP contribution >= 0.6 is 11.8 Å². The van der Waals surface area contributed by atoms with Crippen LogP contribution in [0.15, 0.2) is 18.2 Å². The van der Waals surface area contributed by atoms with Gasteiger partial charge in [-0.15, -0.1) is 0 Å². The molecule has 2 aliphatic rings. The smallest absolute Gasteiger partial charge is 0.262 e. The van der Waals surface area contributed by atoms with Crippen LogP contribution in [0.25, 0.3) is 0 Å². The fourth-order valence-corrected chi connectivity index (χ4v) is 3.40. The van der Waals surface area contributed by atoms with Crippen molar-refractivity contribution in [2.45, 2.75) is 18.6 Å².